The van der Waals surface area contributed by atoms with Gasteiger partial charge in [0.2, 0.25) is 5.95 Å². The number of likely N-dealkylation sites (N-methyl/N-ethyl adjacent to an activating group) is 1. The van der Waals surface area contributed by atoms with Crippen molar-refractivity contribution in [3.8, 4) is 0 Å². The molecule has 7 heteroatoms. The maximum absolute atomic E-state index is 10.8. The highest BCUT2D eigenvalue weighted by Crippen LogP contribution is 2.29. The van der Waals surface area contributed by atoms with Crippen molar-refractivity contribution in [2.45, 2.75) is 32.5 Å². The van der Waals surface area contributed by atoms with Gasteiger partial charge in [0.15, 0.2) is 0 Å². The van der Waals surface area contributed by atoms with Crippen LogP contribution in [0.4, 0.5) is 5.95 Å². The van der Waals surface area contributed by atoms with Gasteiger partial charge in [0.1, 0.15) is 6.54 Å². The maximum atomic E-state index is 10.8. The summed E-state index contributed by atoms with van der Waals surface area (Å²) >= 11 is 0. The molecule has 7 nitrogen and oxygen atoms in total. The lowest BCUT2D eigenvalue weighted by atomic mass is 10.1. The first-order chi connectivity index (χ1) is 11.6. The first-order valence-electron chi connectivity index (χ1n) is 8.21. The van der Waals surface area contributed by atoms with Gasteiger partial charge < -0.3 is 14.6 Å². The first kappa shape index (κ1) is 16.4. The van der Waals surface area contributed by atoms with E-state index >= 15 is 0 Å². The Bertz CT molecular complexity index is 697. The van der Waals surface area contributed by atoms with Gasteiger partial charge >= 0.3 is 5.97 Å². The number of hydrogen-bond acceptors (Lipinski definition) is 5. The molecular formula is C17H23N5O2. The highest BCUT2D eigenvalue weighted by molar-refractivity contribution is 5.72. The van der Waals surface area contributed by atoms with Crippen molar-refractivity contribution >= 4 is 11.9 Å². The van der Waals surface area contributed by atoms with Crippen LogP contribution in [-0.4, -0.2) is 50.6 Å². The first-order valence-corrected chi connectivity index (χ1v) is 8.21. The number of anilines is 1. The molecule has 0 radical (unpaired) electrons. The summed E-state index contributed by atoms with van der Waals surface area (Å²) in [6.45, 7) is 4.90. The predicted molar refractivity (Wildman–Crippen MR) is 90.8 cm³/mol. The van der Waals surface area contributed by atoms with Crippen LogP contribution in [-0.2, 0) is 17.9 Å². The van der Waals surface area contributed by atoms with E-state index in [0.717, 1.165) is 31.6 Å². The van der Waals surface area contributed by atoms with Crippen molar-refractivity contribution in [1.29, 1.82) is 0 Å². The fraction of sp³-hybridized carbons (Fsp3) is 0.471. The highest BCUT2D eigenvalue weighted by Gasteiger charge is 2.25. The van der Waals surface area contributed by atoms with E-state index < -0.39 is 5.97 Å². The highest BCUT2D eigenvalue weighted by atomic mass is 16.4. The summed E-state index contributed by atoms with van der Waals surface area (Å²) in [6.07, 6.45) is 6.79. The van der Waals surface area contributed by atoms with Gasteiger partial charge in [-0.05, 0) is 18.6 Å². The SMILES string of the molecule is CCC1c2cccn2CCN1Cc1cnc(N(C)CC(=O)O)nc1. The smallest absolute Gasteiger partial charge is 0.323 e. The normalized spacial score (nSPS) is 17.5. The molecule has 0 spiro atoms. The van der Waals surface area contributed by atoms with E-state index in [0.29, 0.717) is 12.0 Å². The van der Waals surface area contributed by atoms with Gasteiger partial charge in [-0.25, -0.2) is 9.97 Å². The van der Waals surface area contributed by atoms with E-state index in [2.05, 4.69) is 44.7 Å². The Hall–Kier alpha value is -2.41. The number of carbonyl (C=O) groups is 1. The lowest BCUT2D eigenvalue weighted by molar-refractivity contribution is -0.135. The third-order valence-electron chi connectivity index (χ3n) is 4.45. The van der Waals surface area contributed by atoms with Crippen LogP contribution in [0.2, 0.25) is 0 Å². The minimum Gasteiger partial charge on any atom is -0.480 e. The second-order valence-electron chi connectivity index (χ2n) is 6.16. The second-order valence-corrected chi connectivity index (χ2v) is 6.16. The number of nitrogens with zero attached hydrogens (tertiary/aromatic N) is 5. The quantitative estimate of drug-likeness (QED) is 0.870. The Balaban J connectivity index is 1.69. The molecule has 0 aromatic carbocycles. The molecule has 3 heterocycles. The lowest BCUT2D eigenvalue weighted by Crippen LogP contribution is -2.37. The molecular weight excluding hydrogens is 306 g/mol. The van der Waals surface area contributed by atoms with Crippen LogP contribution in [0.25, 0.3) is 0 Å². The summed E-state index contributed by atoms with van der Waals surface area (Å²) in [5, 5.41) is 8.83. The van der Waals surface area contributed by atoms with Crippen molar-refractivity contribution in [3.63, 3.8) is 0 Å². The average molecular weight is 329 g/mol. The Morgan fingerprint density at radius 1 is 1.38 bits per heavy atom. The summed E-state index contributed by atoms with van der Waals surface area (Å²) in [7, 11) is 1.68. The fourth-order valence-electron chi connectivity index (χ4n) is 3.30. The molecule has 2 aromatic rings. The molecule has 0 amide bonds. The predicted octanol–water partition coefficient (Wildman–Crippen LogP) is 1.77. The summed E-state index contributed by atoms with van der Waals surface area (Å²) in [6, 6.07) is 4.71. The zero-order valence-corrected chi connectivity index (χ0v) is 14.1. The molecule has 2 aromatic heterocycles. The van der Waals surface area contributed by atoms with Crippen molar-refractivity contribution in [2.75, 3.05) is 25.0 Å². The van der Waals surface area contributed by atoms with Crippen LogP contribution >= 0.6 is 0 Å². The van der Waals surface area contributed by atoms with E-state index in [4.69, 9.17) is 5.11 Å². The molecule has 0 aliphatic carbocycles. The number of carboxylic acid groups (broad SMARTS) is 1. The van der Waals surface area contributed by atoms with Gasteiger partial charge in [-0.1, -0.05) is 6.92 Å². The van der Waals surface area contributed by atoms with E-state index in [9.17, 15) is 4.79 Å². The fourth-order valence-corrected chi connectivity index (χ4v) is 3.30. The van der Waals surface area contributed by atoms with Crippen molar-refractivity contribution in [3.05, 3.63) is 42.0 Å². The standard InChI is InChI=1S/C17H23N5O2/c1-3-14-15-5-4-6-21(15)7-8-22(14)11-13-9-18-17(19-10-13)20(2)12-16(23)24/h4-6,9-10,14H,3,7-8,11-12H2,1-2H3,(H,23,24). The van der Waals surface area contributed by atoms with Crippen molar-refractivity contribution in [2.24, 2.45) is 0 Å². The van der Waals surface area contributed by atoms with E-state index in [1.54, 1.807) is 19.4 Å². The van der Waals surface area contributed by atoms with Crippen LogP contribution in [0.5, 0.6) is 0 Å². The topological polar surface area (TPSA) is 74.5 Å². The second kappa shape index (κ2) is 7.00. The Labute approximate surface area is 141 Å². The average Bonchev–Trinajstić information content (AvgIpc) is 3.03. The molecule has 1 unspecified atom stereocenters. The van der Waals surface area contributed by atoms with E-state index in [1.165, 1.54) is 10.6 Å². The monoisotopic (exact) mass is 329 g/mol. The van der Waals surface area contributed by atoms with Crippen molar-refractivity contribution in [1.82, 2.24) is 19.4 Å². The molecule has 128 valence electrons. The van der Waals surface area contributed by atoms with E-state index in [-0.39, 0.29) is 6.54 Å². The minimum atomic E-state index is -0.896. The molecule has 3 rings (SSSR count). The molecule has 0 bridgehead atoms. The zero-order chi connectivity index (χ0) is 17.1. The van der Waals surface area contributed by atoms with Crippen LogP contribution < -0.4 is 4.90 Å². The van der Waals surface area contributed by atoms with Gasteiger partial charge in [-0.3, -0.25) is 9.69 Å². The Morgan fingerprint density at radius 2 is 2.12 bits per heavy atom. The molecule has 1 atom stereocenters. The number of fused-ring (bicyclic) bond motifs is 1. The molecule has 24 heavy (non-hydrogen) atoms. The number of hydrogen-bond donors (Lipinski definition) is 1. The zero-order valence-electron chi connectivity index (χ0n) is 14.1. The molecule has 0 saturated heterocycles. The third kappa shape index (κ3) is 3.41. The summed E-state index contributed by atoms with van der Waals surface area (Å²) in [4.78, 5) is 23.3. The molecule has 1 aliphatic heterocycles. The van der Waals surface area contributed by atoms with Crippen LogP contribution in [0, 0.1) is 0 Å². The number of aliphatic carboxylic acids is 1. The number of rotatable bonds is 6. The Morgan fingerprint density at radius 3 is 2.79 bits per heavy atom. The van der Waals surface area contributed by atoms with Crippen molar-refractivity contribution < 1.29 is 9.90 Å². The van der Waals surface area contributed by atoms with Crippen LogP contribution in [0.15, 0.2) is 30.7 Å². The summed E-state index contributed by atoms with van der Waals surface area (Å²) in [5.74, 6) is -0.465. The van der Waals surface area contributed by atoms with Crippen LogP contribution in [0.3, 0.4) is 0 Å². The molecule has 1 N–H and O–H groups in total. The minimum absolute atomic E-state index is 0.111. The summed E-state index contributed by atoms with van der Waals surface area (Å²) in [5.41, 5.74) is 2.41. The number of aromatic nitrogens is 3. The van der Waals surface area contributed by atoms with Gasteiger partial charge in [-0.2, -0.15) is 0 Å². The maximum Gasteiger partial charge on any atom is 0.323 e. The largest absolute Gasteiger partial charge is 0.480 e. The van der Waals surface area contributed by atoms with E-state index in [1.807, 2.05) is 0 Å². The van der Waals surface area contributed by atoms with Gasteiger partial charge in [-0.15, -0.1) is 0 Å². The Kier molecular flexibility index (Phi) is 4.80. The van der Waals surface area contributed by atoms with Crippen LogP contribution in [0.1, 0.15) is 30.6 Å². The third-order valence-corrected chi connectivity index (χ3v) is 4.45. The molecule has 0 fully saturated rings. The van der Waals surface area contributed by atoms with Gasteiger partial charge in [0, 0.05) is 56.5 Å². The van der Waals surface area contributed by atoms with Gasteiger partial charge in [0.25, 0.3) is 0 Å². The molecule has 1 aliphatic rings. The number of carboxylic acids is 1. The molecule has 0 saturated carbocycles. The lowest BCUT2D eigenvalue weighted by Gasteiger charge is -2.36. The summed E-state index contributed by atoms with van der Waals surface area (Å²) < 4.78 is 2.32. The van der Waals surface area contributed by atoms with Gasteiger partial charge in [0.05, 0.1) is 6.04 Å².